The van der Waals surface area contributed by atoms with E-state index in [-0.39, 0.29) is 0 Å². The van der Waals surface area contributed by atoms with Crippen LogP contribution in [0, 0.1) is 0 Å². The molecule has 1 aromatic carbocycles. The fraction of sp³-hybridized carbons (Fsp3) is 0.250. The van der Waals surface area contributed by atoms with Gasteiger partial charge in [-0.15, -0.1) is 0 Å². The number of nitrogens with one attached hydrogen (secondary N) is 1. The number of benzene rings is 1. The molecule has 0 radical (unpaired) electrons. The van der Waals surface area contributed by atoms with Crippen molar-refractivity contribution in [3.8, 4) is 0 Å². The van der Waals surface area contributed by atoms with E-state index in [0.29, 0.717) is 22.2 Å². The molecule has 0 bridgehead atoms. The first-order chi connectivity index (χ1) is 10.6. The average Bonchev–Trinajstić information content (AvgIpc) is 2.50. The lowest BCUT2D eigenvalue weighted by Gasteiger charge is -2.12. The summed E-state index contributed by atoms with van der Waals surface area (Å²) >= 11 is 11.7. The highest BCUT2D eigenvalue weighted by molar-refractivity contribution is 6.34. The summed E-state index contributed by atoms with van der Waals surface area (Å²) in [6.07, 6.45) is 1.96. The van der Waals surface area contributed by atoms with Crippen molar-refractivity contribution in [3.05, 3.63) is 63.9 Å². The number of hydrogen-bond donors (Lipinski definition) is 2. The zero-order chi connectivity index (χ0) is 15.9. The van der Waals surface area contributed by atoms with Gasteiger partial charge in [0.15, 0.2) is 6.10 Å². The first-order valence-electron chi connectivity index (χ1n) is 6.88. The van der Waals surface area contributed by atoms with Crippen molar-refractivity contribution in [2.45, 2.75) is 18.9 Å². The number of carbonyl (C=O) groups is 1. The van der Waals surface area contributed by atoms with Gasteiger partial charge in [-0.3, -0.25) is 9.78 Å². The monoisotopic (exact) mass is 338 g/mol. The van der Waals surface area contributed by atoms with Crippen LogP contribution in [0.2, 0.25) is 10.0 Å². The molecule has 1 amide bonds. The topological polar surface area (TPSA) is 62.2 Å². The van der Waals surface area contributed by atoms with Crippen LogP contribution in [0.15, 0.2) is 42.6 Å². The number of aromatic nitrogens is 1. The van der Waals surface area contributed by atoms with Crippen LogP contribution in [0.25, 0.3) is 0 Å². The maximum absolute atomic E-state index is 11.9. The summed E-state index contributed by atoms with van der Waals surface area (Å²) in [7, 11) is 0. The SMILES string of the molecule is O=C(NCCCc1ccccn1)[C@@H](O)c1cc(Cl)cc(Cl)c1. The van der Waals surface area contributed by atoms with Gasteiger partial charge in [-0.2, -0.15) is 0 Å². The molecule has 4 nitrogen and oxygen atoms in total. The van der Waals surface area contributed by atoms with Gasteiger partial charge in [0.2, 0.25) is 0 Å². The summed E-state index contributed by atoms with van der Waals surface area (Å²) < 4.78 is 0. The highest BCUT2D eigenvalue weighted by Crippen LogP contribution is 2.23. The number of nitrogens with zero attached hydrogens (tertiary/aromatic N) is 1. The molecule has 6 heteroatoms. The summed E-state index contributed by atoms with van der Waals surface area (Å²) in [4.78, 5) is 16.1. The molecule has 1 heterocycles. The van der Waals surface area contributed by atoms with Gasteiger partial charge in [-0.25, -0.2) is 0 Å². The maximum atomic E-state index is 11.9. The largest absolute Gasteiger partial charge is 0.378 e. The van der Waals surface area contributed by atoms with Gasteiger partial charge in [0.25, 0.3) is 5.91 Å². The number of pyridine rings is 1. The molecule has 0 saturated carbocycles. The second kappa shape index (κ2) is 8.13. The quantitative estimate of drug-likeness (QED) is 0.795. The molecule has 0 fully saturated rings. The summed E-state index contributed by atoms with van der Waals surface area (Å²) in [5.41, 5.74) is 1.35. The van der Waals surface area contributed by atoms with Crippen LogP contribution in [0.1, 0.15) is 23.8 Å². The van der Waals surface area contributed by atoms with Crippen LogP contribution in [-0.4, -0.2) is 22.5 Å². The predicted octanol–water partition coefficient (Wildman–Crippen LogP) is 3.17. The summed E-state index contributed by atoms with van der Waals surface area (Å²) in [5.74, 6) is -0.473. The van der Waals surface area contributed by atoms with Crippen molar-refractivity contribution < 1.29 is 9.90 Å². The highest BCUT2D eigenvalue weighted by atomic mass is 35.5. The lowest BCUT2D eigenvalue weighted by molar-refractivity contribution is -0.129. The minimum absolute atomic E-state index is 0.375. The van der Waals surface area contributed by atoms with Crippen LogP contribution >= 0.6 is 23.2 Å². The molecule has 2 aromatic rings. The van der Waals surface area contributed by atoms with E-state index in [4.69, 9.17) is 23.2 Å². The Bertz CT molecular complexity index is 615. The van der Waals surface area contributed by atoms with Crippen molar-refractivity contribution in [1.29, 1.82) is 0 Å². The van der Waals surface area contributed by atoms with E-state index in [0.717, 1.165) is 18.5 Å². The van der Waals surface area contributed by atoms with E-state index < -0.39 is 12.0 Å². The zero-order valence-corrected chi connectivity index (χ0v) is 13.3. The molecular formula is C16H16Cl2N2O2. The number of carbonyl (C=O) groups excluding carboxylic acids is 1. The lowest BCUT2D eigenvalue weighted by Crippen LogP contribution is -2.30. The van der Waals surface area contributed by atoms with Crippen LogP contribution in [0.4, 0.5) is 0 Å². The number of aryl methyl sites for hydroxylation is 1. The Kier molecular flexibility index (Phi) is 6.19. The van der Waals surface area contributed by atoms with E-state index in [2.05, 4.69) is 10.3 Å². The predicted molar refractivity (Wildman–Crippen MR) is 87.0 cm³/mol. The molecule has 2 N–H and O–H groups in total. The Labute approximate surface area is 139 Å². The van der Waals surface area contributed by atoms with Crippen molar-refractivity contribution in [1.82, 2.24) is 10.3 Å². The lowest BCUT2D eigenvalue weighted by atomic mass is 10.1. The molecule has 1 aromatic heterocycles. The van der Waals surface area contributed by atoms with Gasteiger partial charge in [-0.05, 0) is 48.7 Å². The van der Waals surface area contributed by atoms with Gasteiger partial charge in [0.1, 0.15) is 0 Å². The standard InChI is InChI=1S/C16H16Cl2N2O2/c17-12-8-11(9-13(18)10-12)15(21)16(22)20-7-3-5-14-4-1-2-6-19-14/h1-2,4,6,8-10,15,21H,3,5,7H2,(H,20,22)/t15-/m0/s1. The molecule has 0 aliphatic heterocycles. The fourth-order valence-corrected chi connectivity index (χ4v) is 2.55. The third-order valence-corrected chi connectivity index (χ3v) is 3.52. The molecule has 0 unspecified atom stereocenters. The van der Waals surface area contributed by atoms with Crippen molar-refractivity contribution >= 4 is 29.1 Å². The molecule has 0 aliphatic rings. The number of amides is 1. The van der Waals surface area contributed by atoms with Crippen molar-refractivity contribution in [2.75, 3.05) is 6.54 Å². The van der Waals surface area contributed by atoms with Crippen LogP contribution in [0.5, 0.6) is 0 Å². The van der Waals surface area contributed by atoms with Gasteiger partial charge in [0, 0.05) is 28.5 Å². The number of aliphatic hydroxyl groups excluding tert-OH is 1. The van der Waals surface area contributed by atoms with Crippen molar-refractivity contribution in [3.63, 3.8) is 0 Å². The minimum atomic E-state index is -1.29. The molecule has 2 rings (SSSR count). The summed E-state index contributed by atoms with van der Waals surface area (Å²) in [6.45, 7) is 0.459. The molecule has 22 heavy (non-hydrogen) atoms. The second-order valence-electron chi connectivity index (χ2n) is 4.82. The Balaban J connectivity index is 1.81. The van der Waals surface area contributed by atoms with E-state index >= 15 is 0 Å². The molecular weight excluding hydrogens is 323 g/mol. The number of hydrogen-bond acceptors (Lipinski definition) is 3. The molecule has 116 valence electrons. The van der Waals surface area contributed by atoms with Gasteiger partial charge in [0.05, 0.1) is 0 Å². The first-order valence-corrected chi connectivity index (χ1v) is 7.63. The smallest absolute Gasteiger partial charge is 0.253 e. The highest BCUT2D eigenvalue weighted by Gasteiger charge is 2.17. The van der Waals surface area contributed by atoms with Crippen molar-refractivity contribution in [2.24, 2.45) is 0 Å². The van der Waals surface area contributed by atoms with E-state index in [1.807, 2.05) is 18.2 Å². The third-order valence-electron chi connectivity index (χ3n) is 3.08. The first kappa shape index (κ1) is 16.7. The Morgan fingerprint density at radius 2 is 1.95 bits per heavy atom. The van der Waals surface area contributed by atoms with Crippen LogP contribution in [0.3, 0.4) is 0 Å². The van der Waals surface area contributed by atoms with Crippen LogP contribution in [-0.2, 0) is 11.2 Å². The normalized spacial score (nSPS) is 12.0. The Hall–Kier alpha value is -1.62. The fourth-order valence-electron chi connectivity index (χ4n) is 2.01. The third kappa shape index (κ3) is 4.98. The minimum Gasteiger partial charge on any atom is -0.378 e. The average molecular weight is 339 g/mol. The van der Waals surface area contributed by atoms with Gasteiger partial charge < -0.3 is 10.4 Å². The molecule has 0 saturated heterocycles. The second-order valence-corrected chi connectivity index (χ2v) is 5.69. The number of rotatable bonds is 6. The number of aliphatic hydroxyl groups is 1. The van der Waals surface area contributed by atoms with E-state index in [1.165, 1.54) is 12.1 Å². The van der Waals surface area contributed by atoms with E-state index in [1.54, 1.807) is 12.3 Å². The Morgan fingerprint density at radius 3 is 2.59 bits per heavy atom. The summed E-state index contributed by atoms with van der Waals surface area (Å²) in [5, 5.41) is 13.5. The summed E-state index contributed by atoms with van der Waals surface area (Å²) in [6, 6.07) is 10.3. The molecule has 0 spiro atoms. The van der Waals surface area contributed by atoms with Crippen LogP contribution < -0.4 is 5.32 Å². The van der Waals surface area contributed by atoms with Gasteiger partial charge >= 0.3 is 0 Å². The zero-order valence-electron chi connectivity index (χ0n) is 11.8. The molecule has 0 aliphatic carbocycles. The van der Waals surface area contributed by atoms with Gasteiger partial charge in [-0.1, -0.05) is 29.3 Å². The Morgan fingerprint density at radius 1 is 1.23 bits per heavy atom. The maximum Gasteiger partial charge on any atom is 0.253 e. The van der Waals surface area contributed by atoms with E-state index in [9.17, 15) is 9.90 Å². The number of halogens is 2. The molecule has 1 atom stereocenters.